The predicted octanol–water partition coefficient (Wildman–Crippen LogP) is 4.26. The average Bonchev–Trinajstić information content (AvgIpc) is 3.17. The standard InChI is InChI=1S/C22H22FN3O2/c1-22(2)16(11-20(22)25-21(27)15-4-3-9-24-13-15)10-18-12-19(28-26-18)14-5-7-17(23)8-6-14/h3-9,12-13,16,20H,10-11H2,1-2H3,(H,25,27)/t16-,20+/m1/s1. The Morgan fingerprint density at radius 3 is 2.75 bits per heavy atom. The van der Waals surface area contributed by atoms with Crippen LogP contribution in [0.5, 0.6) is 0 Å². The number of benzene rings is 1. The van der Waals surface area contributed by atoms with Gasteiger partial charge in [-0.05, 0) is 60.6 Å². The van der Waals surface area contributed by atoms with Crippen molar-refractivity contribution in [2.45, 2.75) is 32.7 Å². The molecule has 0 bridgehead atoms. The van der Waals surface area contributed by atoms with Crippen LogP contribution in [-0.4, -0.2) is 22.1 Å². The van der Waals surface area contributed by atoms with Crippen LogP contribution in [0.2, 0.25) is 0 Å². The minimum Gasteiger partial charge on any atom is -0.356 e. The second-order valence-electron chi connectivity index (χ2n) is 7.92. The first-order chi connectivity index (χ1) is 13.4. The van der Waals surface area contributed by atoms with Gasteiger partial charge in [-0.2, -0.15) is 0 Å². The number of pyridine rings is 1. The van der Waals surface area contributed by atoms with Gasteiger partial charge >= 0.3 is 0 Å². The zero-order chi connectivity index (χ0) is 19.7. The molecule has 2 heterocycles. The molecule has 144 valence electrons. The maximum atomic E-state index is 13.1. The van der Waals surface area contributed by atoms with Gasteiger partial charge in [-0.25, -0.2) is 4.39 Å². The Balaban J connectivity index is 1.38. The summed E-state index contributed by atoms with van der Waals surface area (Å²) in [7, 11) is 0. The Bertz CT molecular complexity index is 967. The van der Waals surface area contributed by atoms with Crippen molar-refractivity contribution < 1.29 is 13.7 Å². The lowest BCUT2D eigenvalue weighted by Gasteiger charge is -2.52. The molecule has 3 aromatic rings. The molecule has 0 spiro atoms. The van der Waals surface area contributed by atoms with E-state index in [-0.39, 0.29) is 23.2 Å². The molecule has 1 aliphatic rings. The zero-order valence-electron chi connectivity index (χ0n) is 15.9. The number of amides is 1. The first-order valence-corrected chi connectivity index (χ1v) is 9.36. The fraction of sp³-hybridized carbons (Fsp3) is 0.318. The van der Waals surface area contributed by atoms with E-state index in [1.165, 1.54) is 12.1 Å². The Labute approximate surface area is 163 Å². The molecule has 0 unspecified atom stereocenters. The predicted molar refractivity (Wildman–Crippen MR) is 103 cm³/mol. The van der Waals surface area contributed by atoms with E-state index in [0.29, 0.717) is 17.2 Å². The van der Waals surface area contributed by atoms with E-state index in [0.717, 1.165) is 24.1 Å². The van der Waals surface area contributed by atoms with E-state index < -0.39 is 0 Å². The Morgan fingerprint density at radius 2 is 2.07 bits per heavy atom. The Hall–Kier alpha value is -3.02. The fourth-order valence-electron chi connectivity index (χ4n) is 3.76. The number of nitrogens with zero attached hydrogens (tertiary/aromatic N) is 2. The highest BCUT2D eigenvalue weighted by Gasteiger charge is 2.48. The summed E-state index contributed by atoms with van der Waals surface area (Å²) in [5, 5.41) is 7.29. The second kappa shape index (κ2) is 7.19. The molecule has 1 fully saturated rings. The van der Waals surface area contributed by atoms with Gasteiger partial charge in [0.25, 0.3) is 5.91 Å². The van der Waals surface area contributed by atoms with Crippen LogP contribution in [0.1, 0.15) is 36.3 Å². The first kappa shape index (κ1) is 18.3. The molecule has 2 atom stereocenters. The smallest absolute Gasteiger partial charge is 0.253 e. The summed E-state index contributed by atoms with van der Waals surface area (Å²) in [6, 6.07) is 11.7. The molecule has 28 heavy (non-hydrogen) atoms. The number of rotatable bonds is 5. The minimum absolute atomic E-state index is 0.0488. The molecule has 1 saturated carbocycles. The molecule has 0 saturated heterocycles. The summed E-state index contributed by atoms with van der Waals surface area (Å²) < 4.78 is 18.5. The van der Waals surface area contributed by atoms with Gasteiger partial charge in [0.1, 0.15) is 5.82 Å². The van der Waals surface area contributed by atoms with Crippen LogP contribution in [0.25, 0.3) is 11.3 Å². The molecule has 0 radical (unpaired) electrons. The van der Waals surface area contributed by atoms with Crippen molar-refractivity contribution >= 4 is 5.91 Å². The van der Waals surface area contributed by atoms with Crippen LogP contribution in [0.4, 0.5) is 4.39 Å². The molecule has 2 aromatic heterocycles. The van der Waals surface area contributed by atoms with E-state index in [2.05, 4.69) is 29.3 Å². The maximum absolute atomic E-state index is 13.1. The number of aromatic nitrogens is 2. The third kappa shape index (κ3) is 3.54. The Morgan fingerprint density at radius 1 is 1.29 bits per heavy atom. The van der Waals surface area contributed by atoms with Gasteiger partial charge in [0.2, 0.25) is 0 Å². The fourth-order valence-corrected chi connectivity index (χ4v) is 3.76. The SMILES string of the molecule is CC1(C)[C@H](Cc2cc(-c3ccc(F)cc3)on2)C[C@@H]1NC(=O)c1cccnc1. The highest BCUT2D eigenvalue weighted by atomic mass is 19.1. The molecule has 5 nitrogen and oxygen atoms in total. The van der Waals surface area contributed by atoms with Crippen LogP contribution in [0.3, 0.4) is 0 Å². The lowest BCUT2D eigenvalue weighted by Crippen LogP contribution is -2.58. The van der Waals surface area contributed by atoms with Crippen molar-refractivity contribution in [3.63, 3.8) is 0 Å². The quantitative estimate of drug-likeness (QED) is 0.719. The third-order valence-corrected chi connectivity index (χ3v) is 5.84. The van der Waals surface area contributed by atoms with Gasteiger partial charge in [-0.15, -0.1) is 0 Å². The van der Waals surface area contributed by atoms with Crippen LogP contribution in [-0.2, 0) is 6.42 Å². The summed E-state index contributed by atoms with van der Waals surface area (Å²) in [6.45, 7) is 4.33. The van der Waals surface area contributed by atoms with Crippen molar-refractivity contribution in [2.75, 3.05) is 0 Å². The number of carbonyl (C=O) groups excluding carboxylic acids is 1. The average molecular weight is 379 g/mol. The largest absolute Gasteiger partial charge is 0.356 e. The van der Waals surface area contributed by atoms with Crippen molar-refractivity contribution in [3.8, 4) is 11.3 Å². The summed E-state index contributed by atoms with van der Waals surface area (Å²) in [5.74, 6) is 0.648. The van der Waals surface area contributed by atoms with Crippen LogP contribution in [0.15, 0.2) is 59.4 Å². The van der Waals surface area contributed by atoms with Crippen LogP contribution in [0, 0.1) is 17.2 Å². The van der Waals surface area contributed by atoms with E-state index in [9.17, 15) is 9.18 Å². The van der Waals surface area contributed by atoms with Crippen molar-refractivity contribution in [3.05, 3.63) is 71.9 Å². The number of hydrogen-bond acceptors (Lipinski definition) is 4. The normalized spacial score (nSPS) is 20.4. The lowest BCUT2D eigenvalue weighted by molar-refractivity contribution is 0.0138. The highest BCUT2D eigenvalue weighted by molar-refractivity contribution is 5.94. The summed E-state index contributed by atoms with van der Waals surface area (Å²) in [5.41, 5.74) is 2.19. The maximum Gasteiger partial charge on any atom is 0.253 e. The number of halogens is 1. The summed E-state index contributed by atoms with van der Waals surface area (Å²) in [6.07, 6.45) is 4.89. The number of nitrogens with one attached hydrogen (secondary N) is 1. The number of hydrogen-bond donors (Lipinski definition) is 1. The first-order valence-electron chi connectivity index (χ1n) is 9.36. The third-order valence-electron chi connectivity index (χ3n) is 5.84. The number of carbonyl (C=O) groups is 1. The highest BCUT2D eigenvalue weighted by Crippen LogP contribution is 2.48. The van der Waals surface area contributed by atoms with Gasteiger partial charge in [0.05, 0.1) is 11.3 Å². The molecule has 1 amide bonds. The van der Waals surface area contributed by atoms with Crippen LogP contribution >= 0.6 is 0 Å². The monoisotopic (exact) mass is 379 g/mol. The summed E-state index contributed by atoms with van der Waals surface area (Å²) in [4.78, 5) is 16.4. The van der Waals surface area contributed by atoms with Gasteiger partial charge in [0, 0.05) is 30.1 Å². The van der Waals surface area contributed by atoms with Crippen LogP contribution < -0.4 is 5.32 Å². The Kier molecular flexibility index (Phi) is 4.71. The molecule has 6 heteroatoms. The lowest BCUT2D eigenvalue weighted by atomic mass is 9.57. The van der Waals surface area contributed by atoms with Crippen molar-refractivity contribution in [2.24, 2.45) is 11.3 Å². The molecular formula is C22H22FN3O2. The van der Waals surface area contributed by atoms with Gasteiger partial charge in [-0.3, -0.25) is 9.78 Å². The van der Waals surface area contributed by atoms with E-state index >= 15 is 0 Å². The molecular weight excluding hydrogens is 357 g/mol. The molecule has 4 rings (SSSR count). The van der Waals surface area contributed by atoms with Gasteiger partial charge in [-0.1, -0.05) is 19.0 Å². The van der Waals surface area contributed by atoms with E-state index in [4.69, 9.17) is 4.52 Å². The summed E-state index contributed by atoms with van der Waals surface area (Å²) >= 11 is 0. The van der Waals surface area contributed by atoms with E-state index in [1.807, 2.05) is 6.07 Å². The second-order valence-corrected chi connectivity index (χ2v) is 7.92. The molecule has 0 aliphatic heterocycles. The van der Waals surface area contributed by atoms with Crippen molar-refractivity contribution in [1.29, 1.82) is 0 Å². The van der Waals surface area contributed by atoms with Gasteiger partial charge in [0.15, 0.2) is 5.76 Å². The molecule has 1 aliphatic carbocycles. The topological polar surface area (TPSA) is 68.0 Å². The zero-order valence-corrected chi connectivity index (χ0v) is 15.9. The van der Waals surface area contributed by atoms with Crippen molar-refractivity contribution in [1.82, 2.24) is 15.5 Å². The molecule has 1 aromatic carbocycles. The van der Waals surface area contributed by atoms with Gasteiger partial charge < -0.3 is 9.84 Å². The minimum atomic E-state index is -0.279. The van der Waals surface area contributed by atoms with E-state index in [1.54, 1.807) is 36.7 Å². The molecule has 1 N–H and O–H groups in total.